The van der Waals surface area contributed by atoms with Gasteiger partial charge in [0.15, 0.2) is 0 Å². The summed E-state index contributed by atoms with van der Waals surface area (Å²) in [6.07, 6.45) is 0. The van der Waals surface area contributed by atoms with Crippen molar-refractivity contribution in [1.29, 1.82) is 0 Å². The van der Waals surface area contributed by atoms with Crippen LogP contribution in [-0.4, -0.2) is 23.9 Å². The standard InChI is InChI=1S/C16H20N2O5S2/c1-11(2)12-4-9-15(23-3)16(10-12)25(21,22)18-13-5-7-14(8-6-13)24(17,19)20/h4-11,18H,1-3H3,(H2,17,19,20). The molecule has 0 atom stereocenters. The molecule has 0 spiro atoms. The molecule has 0 unspecified atom stereocenters. The van der Waals surface area contributed by atoms with Crippen LogP contribution >= 0.6 is 0 Å². The van der Waals surface area contributed by atoms with E-state index in [9.17, 15) is 16.8 Å². The maximum Gasteiger partial charge on any atom is 0.265 e. The summed E-state index contributed by atoms with van der Waals surface area (Å²) in [5, 5.41) is 5.03. The molecule has 7 nitrogen and oxygen atoms in total. The third-order valence-electron chi connectivity index (χ3n) is 3.58. The smallest absolute Gasteiger partial charge is 0.265 e. The van der Waals surface area contributed by atoms with E-state index in [4.69, 9.17) is 9.88 Å². The largest absolute Gasteiger partial charge is 0.495 e. The Bertz CT molecular complexity index is 966. The van der Waals surface area contributed by atoms with E-state index >= 15 is 0 Å². The van der Waals surface area contributed by atoms with Crippen molar-refractivity contribution in [2.45, 2.75) is 29.6 Å². The lowest BCUT2D eigenvalue weighted by atomic mass is 10.0. The average molecular weight is 384 g/mol. The van der Waals surface area contributed by atoms with E-state index in [1.807, 2.05) is 19.9 Å². The summed E-state index contributed by atoms with van der Waals surface area (Å²) < 4.78 is 55.5. The quantitative estimate of drug-likeness (QED) is 0.792. The van der Waals surface area contributed by atoms with Crippen LogP contribution in [0.3, 0.4) is 0 Å². The van der Waals surface area contributed by atoms with Crippen LogP contribution < -0.4 is 14.6 Å². The molecule has 0 heterocycles. The zero-order valence-corrected chi connectivity index (χ0v) is 15.7. The fraction of sp³-hybridized carbons (Fsp3) is 0.250. The first-order valence-corrected chi connectivity index (χ1v) is 10.4. The number of sulfonamides is 2. The van der Waals surface area contributed by atoms with Crippen molar-refractivity contribution >= 4 is 25.7 Å². The van der Waals surface area contributed by atoms with Gasteiger partial charge in [-0.1, -0.05) is 19.9 Å². The molecule has 0 amide bonds. The van der Waals surface area contributed by atoms with Crippen molar-refractivity contribution in [1.82, 2.24) is 0 Å². The molecule has 25 heavy (non-hydrogen) atoms. The summed E-state index contributed by atoms with van der Waals surface area (Å²) in [6, 6.07) is 10.1. The van der Waals surface area contributed by atoms with E-state index in [-0.39, 0.29) is 27.1 Å². The van der Waals surface area contributed by atoms with Gasteiger partial charge in [-0.2, -0.15) is 0 Å². The number of hydrogen-bond donors (Lipinski definition) is 2. The number of rotatable bonds is 6. The zero-order chi connectivity index (χ0) is 18.8. The average Bonchev–Trinajstić information content (AvgIpc) is 2.53. The molecule has 2 rings (SSSR count). The minimum atomic E-state index is -3.92. The topological polar surface area (TPSA) is 116 Å². The minimum Gasteiger partial charge on any atom is -0.495 e. The highest BCUT2D eigenvalue weighted by molar-refractivity contribution is 7.92. The third kappa shape index (κ3) is 4.50. The Morgan fingerprint density at radius 3 is 2.08 bits per heavy atom. The molecule has 0 fully saturated rings. The number of benzene rings is 2. The normalized spacial score (nSPS) is 12.2. The second-order valence-electron chi connectivity index (χ2n) is 5.74. The van der Waals surface area contributed by atoms with Crippen LogP contribution in [-0.2, 0) is 20.0 Å². The Hall–Kier alpha value is -2.10. The van der Waals surface area contributed by atoms with Crippen molar-refractivity contribution in [3.05, 3.63) is 48.0 Å². The maximum atomic E-state index is 12.7. The summed E-state index contributed by atoms with van der Waals surface area (Å²) >= 11 is 0. The van der Waals surface area contributed by atoms with Crippen LogP contribution in [0.1, 0.15) is 25.3 Å². The Kier molecular flexibility index (Phi) is 5.40. The molecule has 2 aromatic rings. The van der Waals surface area contributed by atoms with Gasteiger partial charge in [-0.25, -0.2) is 22.0 Å². The van der Waals surface area contributed by atoms with Crippen molar-refractivity contribution in [3.63, 3.8) is 0 Å². The Labute approximate surface area is 147 Å². The molecular formula is C16H20N2O5S2. The lowest BCUT2D eigenvalue weighted by Crippen LogP contribution is -2.15. The number of primary sulfonamides is 1. The highest BCUT2D eigenvalue weighted by Crippen LogP contribution is 2.29. The van der Waals surface area contributed by atoms with Crippen LogP contribution in [0.4, 0.5) is 5.69 Å². The summed E-state index contributed by atoms with van der Waals surface area (Å²) in [6.45, 7) is 3.91. The van der Waals surface area contributed by atoms with E-state index in [2.05, 4.69) is 4.72 Å². The van der Waals surface area contributed by atoms with E-state index in [1.165, 1.54) is 31.4 Å². The van der Waals surface area contributed by atoms with E-state index < -0.39 is 20.0 Å². The maximum absolute atomic E-state index is 12.7. The van der Waals surface area contributed by atoms with Gasteiger partial charge in [0.2, 0.25) is 10.0 Å². The molecule has 0 aliphatic rings. The molecule has 2 aromatic carbocycles. The lowest BCUT2D eigenvalue weighted by molar-refractivity contribution is 0.402. The second kappa shape index (κ2) is 7.03. The first-order chi connectivity index (χ1) is 11.5. The minimum absolute atomic E-state index is 0.0109. The molecular weight excluding hydrogens is 364 g/mol. The molecule has 3 N–H and O–H groups in total. The molecule has 0 aliphatic heterocycles. The second-order valence-corrected chi connectivity index (χ2v) is 8.95. The van der Waals surface area contributed by atoms with Gasteiger partial charge in [-0.05, 0) is 47.9 Å². The first kappa shape index (κ1) is 19.2. The molecule has 0 radical (unpaired) electrons. The van der Waals surface area contributed by atoms with Crippen molar-refractivity contribution in [2.24, 2.45) is 5.14 Å². The Morgan fingerprint density at radius 2 is 1.60 bits per heavy atom. The van der Waals surface area contributed by atoms with Gasteiger partial charge in [0.1, 0.15) is 10.6 Å². The van der Waals surface area contributed by atoms with Gasteiger partial charge in [0.05, 0.1) is 12.0 Å². The summed E-state index contributed by atoms with van der Waals surface area (Å²) in [5.74, 6) is 0.368. The van der Waals surface area contributed by atoms with Crippen LogP contribution in [0.15, 0.2) is 52.3 Å². The van der Waals surface area contributed by atoms with Crippen molar-refractivity contribution in [2.75, 3.05) is 11.8 Å². The molecule has 0 aliphatic carbocycles. The van der Waals surface area contributed by atoms with Crippen LogP contribution in [0, 0.1) is 0 Å². The number of hydrogen-bond acceptors (Lipinski definition) is 5. The molecule has 136 valence electrons. The predicted octanol–water partition coefficient (Wildman–Crippen LogP) is 2.27. The molecule has 0 aromatic heterocycles. The summed E-state index contributed by atoms with van der Waals surface area (Å²) in [7, 11) is -6.36. The predicted molar refractivity (Wildman–Crippen MR) is 95.7 cm³/mol. The fourth-order valence-corrected chi connectivity index (χ4v) is 3.96. The summed E-state index contributed by atoms with van der Waals surface area (Å²) in [5.41, 5.74) is 1.06. The number of ether oxygens (including phenoxy) is 1. The number of methoxy groups -OCH3 is 1. The van der Waals surface area contributed by atoms with E-state index in [0.29, 0.717) is 0 Å². The van der Waals surface area contributed by atoms with Crippen LogP contribution in [0.5, 0.6) is 5.75 Å². The van der Waals surface area contributed by atoms with Crippen LogP contribution in [0.2, 0.25) is 0 Å². The van der Waals surface area contributed by atoms with Gasteiger partial charge in [-0.15, -0.1) is 0 Å². The van der Waals surface area contributed by atoms with E-state index in [1.54, 1.807) is 12.1 Å². The van der Waals surface area contributed by atoms with Crippen LogP contribution in [0.25, 0.3) is 0 Å². The van der Waals surface area contributed by atoms with Gasteiger partial charge in [0.25, 0.3) is 10.0 Å². The van der Waals surface area contributed by atoms with Gasteiger partial charge < -0.3 is 4.74 Å². The molecule has 0 bridgehead atoms. The molecule has 0 saturated carbocycles. The number of nitrogens with two attached hydrogens (primary N) is 1. The number of anilines is 1. The third-order valence-corrected chi connectivity index (χ3v) is 5.91. The van der Waals surface area contributed by atoms with Crippen molar-refractivity contribution < 1.29 is 21.6 Å². The fourth-order valence-electron chi connectivity index (χ4n) is 2.19. The van der Waals surface area contributed by atoms with E-state index in [0.717, 1.165) is 5.56 Å². The highest BCUT2D eigenvalue weighted by Gasteiger charge is 2.21. The van der Waals surface area contributed by atoms with Gasteiger partial charge in [-0.3, -0.25) is 4.72 Å². The zero-order valence-electron chi connectivity index (χ0n) is 14.1. The summed E-state index contributed by atoms with van der Waals surface area (Å²) in [4.78, 5) is -0.0912. The Balaban J connectivity index is 2.41. The molecule has 9 heteroatoms. The lowest BCUT2D eigenvalue weighted by Gasteiger charge is -2.14. The number of nitrogens with one attached hydrogen (secondary N) is 1. The highest BCUT2D eigenvalue weighted by atomic mass is 32.2. The first-order valence-electron chi connectivity index (χ1n) is 7.38. The van der Waals surface area contributed by atoms with Crippen molar-refractivity contribution in [3.8, 4) is 5.75 Å². The van der Waals surface area contributed by atoms with Gasteiger partial charge in [0, 0.05) is 5.69 Å². The Morgan fingerprint density at radius 1 is 1.00 bits per heavy atom. The monoisotopic (exact) mass is 384 g/mol. The van der Waals surface area contributed by atoms with Gasteiger partial charge >= 0.3 is 0 Å². The molecule has 0 saturated heterocycles. The SMILES string of the molecule is COc1ccc(C(C)C)cc1S(=O)(=O)Nc1ccc(S(N)(=O)=O)cc1.